The predicted molar refractivity (Wildman–Crippen MR) is 58.7 cm³/mol. The molecule has 0 unspecified atom stereocenters. The molecular formula is C12H7ClF6. The van der Waals surface area contributed by atoms with Gasteiger partial charge < -0.3 is 0 Å². The summed E-state index contributed by atoms with van der Waals surface area (Å²) in [6.07, 6.45) is -9.79. The fourth-order valence-electron chi connectivity index (χ4n) is 1.36. The summed E-state index contributed by atoms with van der Waals surface area (Å²) in [5.74, 6) is 4.15. The molecule has 0 heterocycles. The van der Waals surface area contributed by atoms with Crippen molar-refractivity contribution in [1.29, 1.82) is 0 Å². The van der Waals surface area contributed by atoms with Gasteiger partial charge in [0.15, 0.2) is 0 Å². The molecule has 0 N–H and O–H groups in total. The van der Waals surface area contributed by atoms with Gasteiger partial charge >= 0.3 is 12.4 Å². The van der Waals surface area contributed by atoms with E-state index in [9.17, 15) is 26.3 Å². The Morgan fingerprint density at radius 3 is 1.79 bits per heavy atom. The van der Waals surface area contributed by atoms with Crippen LogP contribution in [0.3, 0.4) is 0 Å². The summed E-state index contributed by atoms with van der Waals surface area (Å²) >= 11 is 5.28. The number of alkyl halides is 7. The fourth-order valence-corrected chi connectivity index (χ4v) is 1.45. The summed E-state index contributed by atoms with van der Waals surface area (Å²) in [5, 5.41) is 0. The van der Waals surface area contributed by atoms with Crippen molar-refractivity contribution in [3.8, 4) is 11.8 Å². The number of hydrogen-bond donors (Lipinski definition) is 0. The third-order valence-corrected chi connectivity index (χ3v) is 2.30. The number of hydrogen-bond acceptors (Lipinski definition) is 0. The van der Waals surface area contributed by atoms with Crippen LogP contribution in [-0.4, -0.2) is 5.88 Å². The lowest BCUT2D eigenvalue weighted by molar-refractivity contribution is -0.143. The first-order valence-electron chi connectivity index (χ1n) is 5.00. The summed E-state index contributed by atoms with van der Waals surface area (Å²) in [6.45, 7) is 0. The zero-order valence-corrected chi connectivity index (χ0v) is 10.0. The van der Waals surface area contributed by atoms with Crippen molar-refractivity contribution in [1.82, 2.24) is 0 Å². The van der Waals surface area contributed by atoms with Gasteiger partial charge in [-0.15, -0.1) is 11.6 Å². The highest BCUT2D eigenvalue weighted by Crippen LogP contribution is 2.38. The van der Waals surface area contributed by atoms with Gasteiger partial charge in [0.1, 0.15) is 0 Å². The Labute approximate surface area is 110 Å². The first kappa shape index (κ1) is 15.7. The molecule has 0 bridgehead atoms. The van der Waals surface area contributed by atoms with E-state index in [0.717, 1.165) is 0 Å². The van der Waals surface area contributed by atoms with Crippen molar-refractivity contribution in [2.45, 2.75) is 18.8 Å². The molecule has 7 heteroatoms. The molecule has 0 atom stereocenters. The van der Waals surface area contributed by atoms with E-state index < -0.39 is 29.0 Å². The van der Waals surface area contributed by atoms with E-state index in [4.69, 9.17) is 11.6 Å². The van der Waals surface area contributed by atoms with Crippen LogP contribution < -0.4 is 0 Å². The predicted octanol–water partition coefficient (Wildman–Crippen LogP) is 4.70. The minimum absolute atomic E-state index is 0.00500. The van der Waals surface area contributed by atoms with Gasteiger partial charge in [-0.25, -0.2) is 0 Å². The molecule has 0 amide bonds. The Morgan fingerprint density at radius 2 is 1.42 bits per heavy atom. The van der Waals surface area contributed by atoms with Crippen molar-refractivity contribution in [2.24, 2.45) is 0 Å². The van der Waals surface area contributed by atoms with Gasteiger partial charge in [-0.05, 0) is 12.1 Å². The van der Waals surface area contributed by atoms with Gasteiger partial charge in [0, 0.05) is 17.9 Å². The molecule has 104 valence electrons. The van der Waals surface area contributed by atoms with Crippen molar-refractivity contribution in [2.75, 3.05) is 5.88 Å². The van der Waals surface area contributed by atoms with E-state index in [1.165, 1.54) is 0 Å². The fraction of sp³-hybridized carbons (Fsp3) is 0.333. The van der Waals surface area contributed by atoms with Crippen molar-refractivity contribution in [3.63, 3.8) is 0 Å². The van der Waals surface area contributed by atoms with Crippen LogP contribution in [-0.2, 0) is 12.4 Å². The zero-order chi connectivity index (χ0) is 14.7. The Balaban J connectivity index is 3.47. The van der Waals surface area contributed by atoms with Crippen molar-refractivity contribution in [3.05, 3.63) is 34.9 Å². The Morgan fingerprint density at radius 1 is 0.947 bits per heavy atom. The lowest BCUT2D eigenvalue weighted by Crippen LogP contribution is -2.14. The molecule has 0 radical (unpaired) electrons. The van der Waals surface area contributed by atoms with Crippen LogP contribution >= 0.6 is 11.6 Å². The minimum Gasteiger partial charge on any atom is -0.166 e. The molecule has 1 rings (SSSR count). The Hall–Kier alpha value is -1.35. The second-order valence-electron chi connectivity index (χ2n) is 3.46. The molecule has 0 aromatic heterocycles. The van der Waals surface area contributed by atoms with Gasteiger partial charge in [-0.3, -0.25) is 0 Å². The molecule has 1 aromatic carbocycles. The summed E-state index contributed by atoms with van der Waals surface area (Å²) in [7, 11) is 0. The normalized spacial score (nSPS) is 11.9. The number of halogens is 7. The molecule has 19 heavy (non-hydrogen) atoms. The van der Waals surface area contributed by atoms with E-state index in [1.807, 2.05) is 5.92 Å². The highest BCUT2D eigenvalue weighted by Gasteiger charge is 2.40. The third-order valence-electron chi connectivity index (χ3n) is 2.11. The van der Waals surface area contributed by atoms with Gasteiger partial charge in [0.05, 0.1) is 11.1 Å². The second kappa shape index (κ2) is 5.74. The largest absolute Gasteiger partial charge is 0.417 e. The average molecular weight is 301 g/mol. The lowest BCUT2D eigenvalue weighted by atomic mass is 10.0. The van der Waals surface area contributed by atoms with Crippen LogP contribution in [0.4, 0.5) is 26.3 Å². The van der Waals surface area contributed by atoms with Crippen LogP contribution in [0.5, 0.6) is 0 Å². The van der Waals surface area contributed by atoms with E-state index >= 15 is 0 Å². The first-order chi connectivity index (χ1) is 8.68. The van der Waals surface area contributed by atoms with E-state index in [1.54, 1.807) is 0 Å². The zero-order valence-electron chi connectivity index (χ0n) is 9.29. The van der Waals surface area contributed by atoms with Crippen LogP contribution in [0.15, 0.2) is 18.2 Å². The summed E-state index contributed by atoms with van der Waals surface area (Å²) in [4.78, 5) is 0. The first-order valence-corrected chi connectivity index (χ1v) is 5.53. The van der Waals surface area contributed by atoms with E-state index in [0.29, 0.717) is 18.2 Å². The molecule has 0 aliphatic carbocycles. The smallest absolute Gasteiger partial charge is 0.166 e. The summed E-state index contributed by atoms with van der Waals surface area (Å²) in [6, 6.07) is 1.85. The lowest BCUT2D eigenvalue weighted by Gasteiger charge is -2.14. The highest BCUT2D eigenvalue weighted by molar-refractivity contribution is 6.18. The molecule has 0 spiro atoms. The van der Waals surface area contributed by atoms with Crippen molar-refractivity contribution >= 4 is 11.6 Å². The molecular weight excluding hydrogens is 294 g/mol. The van der Waals surface area contributed by atoms with Gasteiger partial charge in [0.25, 0.3) is 0 Å². The molecule has 0 saturated heterocycles. The minimum atomic E-state index is -4.90. The van der Waals surface area contributed by atoms with E-state index in [2.05, 4.69) is 5.92 Å². The highest BCUT2D eigenvalue weighted by atomic mass is 35.5. The molecule has 0 fully saturated rings. The second-order valence-corrected chi connectivity index (χ2v) is 3.84. The van der Waals surface area contributed by atoms with Gasteiger partial charge in [-0.2, -0.15) is 26.3 Å². The van der Waals surface area contributed by atoms with E-state index in [-0.39, 0.29) is 12.3 Å². The molecule has 0 aliphatic heterocycles. The standard InChI is InChI=1S/C12H7ClF6/c13-7-2-1-4-8-9(11(14,15)16)5-3-6-10(8)12(17,18)19/h3,5-6H,2,7H2. The SMILES string of the molecule is FC(F)(F)c1cccc(C(F)(F)F)c1C#CCCCl. The topological polar surface area (TPSA) is 0 Å². The quantitative estimate of drug-likeness (QED) is 0.400. The van der Waals surface area contributed by atoms with Crippen LogP contribution in [0.1, 0.15) is 23.1 Å². The van der Waals surface area contributed by atoms with Gasteiger partial charge in [0.2, 0.25) is 0 Å². The average Bonchev–Trinajstić information content (AvgIpc) is 2.26. The maximum atomic E-state index is 12.7. The summed E-state index contributed by atoms with van der Waals surface area (Å²) < 4.78 is 76.0. The Bertz CT molecular complexity index is 471. The molecule has 0 saturated carbocycles. The monoisotopic (exact) mass is 300 g/mol. The Kier molecular flexibility index (Phi) is 4.75. The third kappa shape index (κ3) is 4.06. The maximum absolute atomic E-state index is 12.7. The molecule has 1 aromatic rings. The molecule has 0 nitrogen and oxygen atoms in total. The number of rotatable bonds is 1. The van der Waals surface area contributed by atoms with Crippen LogP contribution in [0, 0.1) is 11.8 Å². The maximum Gasteiger partial charge on any atom is 0.417 e. The summed E-state index contributed by atoms with van der Waals surface area (Å²) in [5.41, 5.74) is -3.86. The number of benzene rings is 1. The molecule has 0 aliphatic rings. The van der Waals surface area contributed by atoms with Gasteiger partial charge in [-0.1, -0.05) is 17.9 Å². The van der Waals surface area contributed by atoms with Crippen molar-refractivity contribution < 1.29 is 26.3 Å². The van der Waals surface area contributed by atoms with Crippen LogP contribution in [0.25, 0.3) is 0 Å². The van der Waals surface area contributed by atoms with Crippen LogP contribution in [0.2, 0.25) is 0 Å².